The molecule has 0 radical (unpaired) electrons. The number of ether oxygens (including phenoxy) is 1. The maximum atomic E-state index is 11.0. The van der Waals surface area contributed by atoms with Crippen LogP contribution < -0.4 is 5.43 Å². The zero-order valence-corrected chi connectivity index (χ0v) is 14.9. The third kappa shape index (κ3) is 6.84. The quantitative estimate of drug-likeness (QED) is 0.384. The summed E-state index contributed by atoms with van der Waals surface area (Å²) in [5.74, 6) is 0.178. The van der Waals surface area contributed by atoms with Gasteiger partial charge in [0.25, 0.3) is 5.69 Å². The van der Waals surface area contributed by atoms with Crippen molar-refractivity contribution in [1.82, 2.24) is 0 Å². The second-order valence-corrected chi connectivity index (χ2v) is 6.44. The van der Waals surface area contributed by atoms with Crippen LogP contribution in [0.2, 0.25) is 0 Å². The molecule has 1 aromatic carbocycles. The van der Waals surface area contributed by atoms with Gasteiger partial charge in [-0.2, -0.15) is 5.10 Å². The van der Waals surface area contributed by atoms with Crippen molar-refractivity contribution in [2.45, 2.75) is 45.6 Å². The van der Waals surface area contributed by atoms with Gasteiger partial charge in [0.05, 0.1) is 21.5 Å². The fourth-order valence-electron chi connectivity index (χ4n) is 2.14. The van der Waals surface area contributed by atoms with Crippen LogP contribution in [0.3, 0.4) is 0 Å². The van der Waals surface area contributed by atoms with E-state index in [1.807, 2.05) is 20.8 Å². The number of rotatable bonds is 10. The predicted molar refractivity (Wildman–Crippen MR) is 96.0 cm³/mol. The van der Waals surface area contributed by atoms with Crippen LogP contribution in [-0.2, 0) is 4.74 Å². The third-order valence-electron chi connectivity index (χ3n) is 3.89. The maximum absolute atomic E-state index is 11.0. The predicted octanol–water partition coefficient (Wildman–Crippen LogP) is 4.13. The van der Waals surface area contributed by atoms with Crippen molar-refractivity contribution < 1.29 is 14.6 Å². The molecule has 0 fully saturated rings. The molecule has 1 N–H and O–H groups in total. The van der Waals surface area contributed by atoms with Gasteiger partial charge in [-0.3, -0.25) is 25.7 Å². The zero-order chi connectivity index (χ0) is 19.0. The molecule has 0 aliphatic heterocycles. The molecule has 0 aromatic heterocycles. The second-order valence-electron chi connectivity index (χ2n) is 6.44. The summed E-state index contributed by atoms with van der Waals surface area (Å²) in [6, 6.07) is 3.38. The van der Waals surface area contributed by atoms with Crippen molar-refractivity contribution in [2.75, 3.05) is 12.5 Å². The maximum Gasteiger partial charge on any atom is 0.301 e. The van der Waals surface area contributed by atoms with E-state index in [1.165, 1.54) is 12.1 Å². The van der Waals surface area contributed by atoms with Gasteiger partial charge in [-0.1, -0.05) is 6.92 Å². The van der Waals surface area contributed by atoms with Crippen molar-refractivity contribution in [3.8, 4) is 0 Å². The molecule has 0 amide bonds. The van der Waals surface area contributed by atoms with Crippen LogP contribution in [0.1, 0.15) is 40.0 Å². The summed E-state index contributed by atoms with van der Waals surface area (Å²) in [4.78, 5) is 20.4. The van der Waals surface area contributed by atoms with E-state index in [0.717, 1.165) is 25.3 Å². The topological polar surface area (TPSA) is 120 Å². The second kappa shape index (κ2) is 9.07. The molecule has 0 bridgehead atoms. The largest absolute Gasteiger partial charge is 0.379 e. The first-order chi connectivity index (χ1) is 11.7. The normalized spacial score (nSPS) is 13.0. The highest BCUT2D eigenvalue weighted by molar-refractivity contribution is 5.68. The zero-order valence-electron chi connectivity index (χ0n) is 14.9. The standard InChI is InChI=1S/C16H24N4O5/c1-12(6-5-9-16(2,3)25-4)11-17-18-14-8-7-13(19(21)22)10-15(14)20(23)24/h7-8,10-12,18H,5-6,9H2,1-4H3/b17-11-/t12-/m0/s1. The first-order valence-corrected chi connectivity index (χ1v) is 7.93. The number of hydrogen-bond acceptors (Lipinski definition) is 7. The minimum atomic E-state index is -0.679. The van der Waals surface area contributed by atoms with Crippen molar-refractivity contribution in [3.63, 3.8) is 0 Å². The Morgan fingerprint density at radius 1 is 1.32 bits per heavy atom. The molecule has 9 nitrogen and oxygen atoms in total. The SMILES string of the molecule is COC(C)(C)CCC[C@H](C)/C=N\Nc1ccc([N+](=O)[O-])cc1[N+](=O)[O-]. The molecule has 0 heterocycles. The Labute approximate surface area is 146 Å². The van der Waals surface area contributed by atoms with E-state index in [2.05, 4.69) is 10.5 Å². The molecule has 1 aromatic rings. The summed E-state index contributed by atoms with van der Waals surface area (Å²) >= 11 is 0. The minimum Gasteiger partial charge on any atom is -0.379 e. The lowest BCUT2D eigenvalue weighted by Gasteiger charge is -2.22. The Hall–Kier alpha value is -2.55. The van der Waals surface area contributed by atoms with Crippen LogP contribution in [0.4, 0.5) is 17.1 Å². The first-order valence-electron chi connectivity index (χ1n) is 7.93. The van der Waals surface area contributed by atoms with Gasteiger partial charge >= 0.3 is 5.69 Å². The van der Waals surface area contributed by atoms with E-state index < -0.39 is 9.85 Å². The summed E-state index contributed by atoms with van der Waals surface area (Å²) in [6.45, 7) is 6.05. The van der Waals surface area contributed by atoms with E-state index in [-0.39, 0.29) is 28.6 Å². The molecule has 0 saturated carbocycles. The molecule has 1 atom stereocenters. The number of nitrogens with zero attached hydrogens (tertiary/aromatic N) is 3. The highest BCUT2D eigenvalue weighted by atomic mass is 16.6. The van der Waals surface area contributed by atoms with Crippen molar-refractivity contribution in [3.05, 3.63) is 38.4 Å². The third-order valence-corrected chi connectivity index (χ3v) is 3.89. The molecule has 138 valence electrons. The summed E-state index contributed by atoms with van der Waals surface area (Å²) in [7, 11) is 1.69. The van der Waals surface area contributed by atoms with Gasteiger partial charge in [0.15, 0.2) is 0 Å². The summed E-state index contributed by atoms with van der Waals surface area (Å²) < 4.78 is 5.36. The van der Waals surface area contributed by atoms with Gasteiger partial charge in [0.1, 0.15) is 5.69 Å². The molecule has 0 aliphatic carbocycles. The smallest absolute Gasteiger partial charge is 0.301 e. The molecule has 0 unspecified atom stereocenters. The minimum absolute atomic E-state index is 0.111. The fourth-order valence-corrected chi connectivity index (χ4v) is 2.14. The highest BCUT2D eigenvalue weighted by Crippen LogP contribution is 2.28. The number of nitro benzene ring substituents is 2. The lowest BCUT2D eigenvalue weighted by molar-refractivity contribution is -0.393. The van der Waals surface area contributed by atoms with Crippen LogP contribution in [0.15, 0.2) is 23.3 Å². The van der Waals surface area contributed by atoms with E-state index in [0.29, 0.717) is 0 Å². The number of nitro groups is 2. The molecule has 0 spiro atoms. The molecule has 0 saturated heterocycles. The van der Waals surface area contributed by atoms with Crippen LogP contribution in [0, 0.1) is 26.1 Å². The van der Waals surface area contributed by atoms with Crippen LogP contribution in [0.5, 0.6) is 0 Å². The number of non-ortho nitro benzene ring substituents is 1. The fraction of sp³-hybridized carbons (Fsp3) is 0.562. The Balaban J connectivity index is 2.63. The van der Waals surface area contributed by atoms with E-state index in [9.17, 15) is 20.2 Å². The molecule has 1 rings (SSSR count). The number of anilines is 1. The van der Waals surface area contributed by atoms with Crippen LogP contribution in [-0.4, -0.2) is 28.8 Å². The lowest BCUT2D eigenvalue weighted by atomic mass is 9.97. The van der Waals surface area contributed by atoms with E-state index >= 15 is 0 Å². The van der Waals surface area contributed by atoms with Crippen molar-refractivity contribution in [1.29, 1.82) is 0 Å². The Bertz CT molecular complexity index is 645. The highest BCUT2D eigenvalue weighted by Gasteiger charge is 2.19. The summed E-state index contributed by atoms with van der Waals surface area (Å²) in [6.07, 6.45) is 4.46. The van der Waals surface area contributed by atoms with Gasteiger partial charge in [0.2, 0.25) is 0 Å². The Morgan fingerprint density at radius 2 is 2.00 bits per heavy atom. The van der Waals surface area contributed by atoms with Crippen LogP contribution >= 0.6 is 0 Å². The average Bonchev–Trinajstić information content (AvgIpc) is 2.54. The van der Waals surface area contributed by atoms with E-state index in [1.54, 1.807) is 13.3 Å². The molecule has 9 heteroatoms. The first kappa shape index (κ1) is 20.5. The lowest BCUT2D eigenvalue weighted by Crippen LogP contribution is -2.22. The molecular formula is C16H24N4O5. The van der Waals surface area contributed by atoms with Gasteiger partial charge < -0.3 is 4.74 Å². The number of methoxy groups -OCH3 is 1. The average molecular weight is 352 g/mol. The van der Waals surface area contributed by atoms with Gasteiger partial charge in [0, 0.05) is 19.4 Å². The number of hydrogen-bond donors (Lipinski definition) is 1. The summed E-state index contributed by atoms with van der Waals surface area (Å²) in [5, 5.41) is 25.8. The van der Waals surface area contributed by atoms with Gasteiger partial charge in [-0.05, 0) is 45.1 Å². The molecule has 0 aliphatic rings. The monoisotopic (exact) mass is 352 g/mol. The Kier molecular flexibility index (Phi) is 7.43. The number of nitrogens with one attached hydrogen (secondary N) is 1. The number of hydrazone groups is 1. The molecular weight excluding hydrogens is 328 g/mol. The number of benzene rings is 1. The van der Waals surface area contributed by atoms with Gasteiger partial charge in [-0.25, -0.2) is 0 Å². The van der Waals surface area contributed by atoms with E-state index in [4.69, 9.17) is 4.74 Å². The van der Waals surface area contributed by atoms with Crippen molar-refractivity contribution in [2.24, 2.45) is 11.0 Å². The van der Waals surface area contributed by atoms with Crippen molar-refractivity contribution >= 4 is 23.3 Å². The Morgan fingerprint density at radius 3 is 2.56 bits per heavy atom. The van der Waals surface area contributed by atoms with Gasteiger partial charge in [-0.15, -0.1) is 0 Å². The van der Waals surface area contributed by atoms with Crippen LogP contribution in [0.25, 0.3) is 0 Å². The summed E-state index contributed by atoms with van der Waals surface area (Å²) in [5.41, 5.74) is 1.82. The molecule has 25 heavy (non-hydrogen) atoms.